The number of imide groups is 1. The van der Waals surface area contributed by atoms with Crippen molar-refractivity contribution in [2.75, 3.05) is 30.0 Å². The fraction of sp³-hybridized carbons (Fsp3) is 0.385. The molecule has 4 atom stereocenters. The predicted molar refractivity (Wildman–Crippen MR) is 123 cm³/mol. The summed E-state index contributed by atoms with van der Waals surface area (Å²) in [6, 6.07) is 13.7. The van der Waals surface area contributed by atoms with Crippen molar-refractivity contribution in [3.05, 3.63) is 59.7 Å². The van der Waals surface area contributed by atoms with E-state index in [4.69, 9.17) is 4.74 Å². The summed E-state index contributed by atoms with van der Waals surface area (Å²) in [5, 5.41) is 0. The van der Waals surface area contributed by atoms with Gasteiger partial charge in [-0.2, -0.15) is 0 Å². The molecule has 3 amide bonds. The molecule has 0 radical (unpaired) electrons. The van der Waals surface area contributed by atoms with Gasteiger partial charge < -0.3 is 9.64 Å². The van der Waals surface area contributed by atoms with Crippen molar-refractivity contribution in [3.63, 3.8) is 0 Å². The summed E-state index contributed by atoms with van der Waals surface area (Å²) < 4.78 is 5.03. The number of ether oxygens (including phenoxy) is 1. The number of rotatable bonds is 3. The quantitative estimate of drug-likeness (QED) is 0.517. The van der Waals surface area contributed by atoms with Gasteiger partial charge in [0, 0.05) is 24.3 Å². The van der Waals surface area contributed by atoms with Gasteiger partial charge in [0.25, 0.3) is 5.91 Å². The van der Waals surface area contributed by atoms with Crippen LogP contribution in [0.1, 0.15) is 35.7 Å². The van der Waals surface area contributed by atoms with Crippen LogP contribution in [-0.2, 0) is 24.7 Å². The van der Waals surface area contributed by atoms with E-state index in [-0.39, 0.29) is 30.4 Å². The van der Waals surface area contributed by atoms with Gasteiger partial charge in [-0.15, -0.1) is 0 Å². The number of carbonyl (C=O) groups excluding carboxylic acids is 4. The second-order valence-corrected chi connectivity index (χ2v) is 9.33. The Balaban J connectivity index is 1.46. The highest BCUT2D eigenvalue weighted by Crippen LogP contribution is 2.61. The van der Waals surface area contributed by atoms with E-state index in [1.807, 2.05) is 24.3 Å². The number of hydrogen-bond donors (Lipinski definition) is 0. The van der Waals surface area contributed by atoms with Gasteiger partial charge >= 0.3 is 5.97 Å². The first kappa shape index (κ1) is 21.0. The van der Waals surface area contributed by atoms with Crippen molar-refractivity contribution in [1.82, 2.24) is 4.90 Å². The molecule has 0 aliphatic carbocycles. The first-order chi connectivity index (χ1) is 16.4. The number of carbonyl (C=O) groups is 4. The normalized spacial score (nSPS) is 29.7. The van der Waals surface area contributed by atoms with E-state index >= 15 is 0 Å². The van der Waals surface area contributed by atoms with Gasteiger partial charge in [-0.3, -0.25) is 19.3 Å². The van der Waals surface area contributed by atoms with Crippen molar-refractivity contribution < 1.29 is 23.9 Å². The highest BCUT2D eigenvalue weighted by Gasteiger charge is 2.75. The Morgan fingerprint density at radius 2 is 1.79 bits per heavy atom. The minimum absolute atomic E-state index is 0.145. The fourth-order valence-electron chi connectivity index (χ4n) is 6.66. The Kier molecular flexibility index (Phi) is 4.48. The average molecular weight is 460 g/mol. The van der Waals surface area contributed by atoms with Crippen LogP contribution in [0.5, 0.6) is 0 Å². The zero-order chi connectivity index (χ0) is 23.8. The summed E-state index contributed by atoms with van der Waals surface area (Å²) in [5.74, 6) is -2.59. The molecule has 2 aromatic carbocycles. The van der Waals surface area contributed by atoms with Gasteiger partial charge in [0.15, 0.2) is 0 Å². The van der Waals surface area contributed by atoms with E-state index in [9.17, 15) is 19.2 Å². The lowest BCUT2D eigenvalue weighted by molar-refractivity contribution is -0.136. The second-order valence-electron chi connectivity index (χ2n) is 9.33. The van der Waals surface area contributed by atoms with Gasteiger partial charge in [0.2, 0.25) is 11.8 Å². The van der Waals surface area contributed by atoms with Crippen LogP contribution in [0, 0.1) is 11.8 Å². The zero-order valence-electron chi connectivity index (χ0n) is 19.1. The Morgan fingerprint density at radius 3 is 2.53 bits per heavy atom. The van der Waals surface area contributed by atoms with Crippen LogP contribution in [0.25, 0.3) is 0 Å². The van der Waals surface area contributed by atoms with Gasteiger partial charge in [0.1, 0.15) is 5.54 Å². The highest BCUT2D eigenvalue weighted by atomic mass is 16.5. The molecule has 0 N–H and O–H groups in total. The Hall–Kier alpha value is -3.52. The molecular formula is C26H25N3O5. The van der Waals surface area contributed by atoms with Crippen LogP contribution >= 0.6 is 0 Å². The highest BCUT2D eigenvalue weighted by molar-refractivity contribution is 6.26. The van der Waals surface area contributed by atoms with Crippen LogP contribution in [0.15, 0.2) is 48.5 Å². The smallest absolute Gasteiger partial charge is 0.338 e. The third kappa shape index (κ3) is 2.41. The van der Waals surface area contributed by atoms with Gasteiger partial charge in [-0.05, 0) is 56.6 Å². The lowest BCUT2D eigenvalue weighted by Gasteiger charge is -2.37. The molecule has 4 aliphatic rings. The van der Waals surface area contributed by atoms with Crippen LogP contribution in [-0.4, -0.2) is 54.8 Å². The maximum atomic E-state index is 14.0. The maximum absolute atomic E-state index is 14.0. The first-order valence-corrected chi connectivity index (χ1v) is 11.7. The molecule has 174 valence electrons. The van der Waals surface area contributed by atoms with Gasteiger partial charge in [0.05, 0.1) is 29.7 Å². The van der Waals surface area contributed by atoms with Crippen molar-refractivity contribution in [2.24, 2.45) is 11.8 Å². The number of esters is 1. The number of para-hydroxylation sites is 1. The Morgan fingerprint density at radius 1 is 1.06 bits per heavy atom. The zero-order valence-corrected chi connectivity index (χ0v) is 19.1. The summed E-state index contributed by atoms with van der Waals surface area (Å²) >= 11 is 0. The molecule has 3 fully saturated rings. The molecule has 4 aliphatic heterocycles. The number of hydrogen-bond acceptors (Lipinski definition) is 6. The summed E-state index contributed by atoms with van der Waals surface area (Å²) in [5.41, 5.74) is 1.19. The third-order valence-electron chi connectivity index (χ3n) is 7.91. The predicted octanol–water partition coefficient (Wildman–Crippen LogP) is 2.32. The van der Waals surface area contributed by atoms with E-state index < -0.39 is 23.3 Å². The lowest BCUT2D eigenvalue weighted by atomic mass is 9.75. The number of nitrogens with zero attached hydrogens (tertiary/aromatic N) is 3. The van der Waals surface area contributed by atoms with Gasteiger partial charge in [-0.25, -0.2) is 9.69 Å². The molecule has 0 aromatic heterocycles. The molecule has 0 bridgehead atoms. The largest absolute Gasteiger partial charge is 0.462 e. The molecule has 34 heavy (non-hydrogen) atoms. The number of benzene rings is 2. The number of fused-ring (bicyclic) bond motifs is 7. The van der Waals surface area contributed by atoms with E-state index in [0.29, 0.717) is 17.8 Å². The summed E-state index contributed by atoms with van der Waals surface area (Å²) in [6.07, 6.45) is 1.65. The summed E-state index contributed by atoms with van der Waals surface area (Å²) in [4.78, 5) is 58.7. The minimum Gasteiger partial charge on any atom is -0.462 e. The third-order valence-corrected chi connectivity index (χ3v) is 7.91. The Labute approximate surface area is 197 Å². The molecule has 0 saturated carbocycles. The molecule has 3 saturated heterocycles. The summed E-state index contributed by atoms with van der Waals surface area (Å²) in [7, 11) is 1.74. The van der Waals surface area contributed by atoms with Crippen molar-refractivity contribution in [2.45, 2.75) is 31.3 Å². The second kappa shape index (κ2) is 7.24. The summed E-state index contributed by atoms with van der Waals surface area (Å²) in [6.45, 7) is 2.67. The van der Waals surface area contributed by atoms with E-state index in [1.165, 1.54) is 4.90 Å². The topological polar surface area (TPSA) is 87.2 Å². The molecule has 6 rings (SSSR count). The maximum Gasteiger partial charge on any atom is 0.338 e. The molecule has 4 unspecified atom stereocenters. The minimum atomic E-state index is -1.16. The molecule has 4 heterocycles. The number of anilines is 2. The van der Waals surface area contributed by atoms with Crippen LogP contribution in [0.2, 0.25) is 0 Å². The van der Waals surface area contributed by atoms with E-state index in [2.05, 4.69) is 4.90 Å². The van der Waals surface area contributed by atoms with Crippen LogP contribution in [0.3, 0.4) is 0 Å². The fourth-order valence-corrected chi connectivity index (χ4v) is 6.66. The molecule has 8 heteroatoms. The number of amides is 3. The van der Waals surface area contributed by atoms with Crippen LogP contribution < -0.4 is 9.80 Å². The molecular weight excluding hydrogens is 434 g/mol. The number of likely N-dealkylation sites (N-methyl/N-ethyl adjacent to an activating group) is 1. The van der Waals surface area contributed by atoms with Crippen LogP contribution in [0.4, 0.5) is 11.4 Å². The molecule has 8 nitrogen and oxygen atoms in total. The molecule has 1 spiro atoms. The standard InChI is InChI=1S/C26H25N3O5/c1-3-34-24(32)15-10-12-16(13-11-15)29-22(30)20-19-9-6-14-28(19)26(21(20)23(29)31)17-7-4-5-8-18(17)27(2)25(26)33/h4-5,7-8,10-13,19-21H,3,6,9,14H2,1-2H3. The van der Waals surface area contributed by atoms with E-state index in [0.717, 1.165) is 24.1 Å². The average Bonchev–Trinajstić information content (AvgIpc) is 3.54. The van der Waals surface area contributed by atoms with Crippen molar-refractivity contribution in [1.29, 1.82) is 0 Å². The first-order valence-electron chi connectivity index (χ1n) is 11.7. The monoisotopic (exact) mass is 459 g/mol. The SMILES string of the molecule is CCOC(=O)c1ccc(N2C(=O)C3C4CCCN4C4(C(=O)N(C)c5ccccc54)C3C2=O)cc1. The Bertz CT molecular complexity index is 1240. The van der Waals surface area contributed by atoms with Crippen molar-refractivity contribution in [3.8, 4) is 0 Å². The van der Waals surface area contributed by atoms with E-state index in [1.54, 1.807) is 43.1 Å². The van der Waals surface area contributed by atoms with Crippen molar-refractivity contribution >= 4 is 35.1 Å². The lowest BCUT2D eigenvalue weighted by Crippen LogP contribution is -2.55. The molecule has 2 aromatic rings. The van der Waals surface area contributed by atoms with Gasteiger partial charge in [-0.1, -0.05) is 18.2 Å².